The Kier molecular flexibility index (Phi) is 8.67. The number of unbranched alkanes of at least 4 members (excludes halogenated alkanes) is 1. The highest BCUT2D eigenvalue weighted by Gasteiger charge is 2.45. The predicted molar refractivity (Wildman–Crippen MR) is 135 cm³/mol. The van der Waals surface area contributed by atoms with E-state index in [1.807, 2.05) is 47.6 Å². The van der Waals surface area contributed by atoms with Crippen LogP contribution in [-0.2, 0) is 9.47 Å². The smallest absolute Gasteiger partial charge is 0.412 e. The molecule has 0 spiro atoms. The fourth-order valence-corrected chi connectivity index (χ4v) is 3.76. The van der Waals surface area contributed by atoms with E-state index >= 15 is 0 Å². The molecule has 1 atom stereocenters. The summed E-state index contributed by atoms with van der Waals surface area (Å²) in [6, 6.07) is -0.0703. The summed E-state index contributed by atoms with van der Waals surface area (Å²) in [5.41, 5.74) is 1.96. The second-order valence-corrected chi connectivity index (χ2v) is 11.7. The first-order valence-electron chi connectivity index (χ1n) is 12.2. The summed E-state index contributed by atoms with van der Waals surface area (Å²) in [6.07, 6.45) is 5.91. The molecule has 190 valence electrons. The van der Waals surface area contributed by atoms with Crippen molar-refractivity contribution >= 4 is 18.0 Å². The van der Waals surface area contributed by atoms with Gasteiger partial charge in [0.15, 0.2) is 5.78 Å². The highest BCUT2D eigenvalue weighted by Crippen LogP contribution is 2.32. The number of hydrogen-bond donors (Lipinski definition) is 0. The third kappa shape index (κ3) is 7.62. The number of Topliss-reactive ketones (excluding diaryl/α,β-unsaturated/α-hetero) is 1. The zero-order valence-corrected chi connectivity index (χ0v) is 22.7. The molecule has 0 aliphatic carbocycles. The summed E-state index contributed by atoms with van der Waals surface area (Å²) in [4.78, 5) is 36.1. The summed E-state index contributed by atoms with van der Waals surface area (Å²) in [5, 5.41) is 0. The lowest BCUT2D eigenvalue weighted by Gasteiger charge is -2.35. The molecule has 7 nitrogen and oxygen atoms in total. The molecule has 2 rings (SSSR count). The molecule has 1 aromatic rings. The molecule has 1 aliphatic rings. The van der Waals surface area contributed by atoms with E-state index in [1.165, 1.54) is 5.57 Å². The SMILES string of the molecule is C/C(=C\c1ncc(C(=O)CCCCC2COC(C)(C)N2C(=O)OC(C)(C)C)nc1C)C(C)(C)C. The minimum Gasteiger partial charge on any atom is -0.444 e. The van der Waals surface area contributed by atoms with E-state index in [4.69, 9.17) is 9.47 Å². The second kappa shape index (κ2) is 10.5. The molecule has 0 aromatic carbocycles. The van der Waals surface area contributed by atoms with Crippen molar-refractivity contribution in [1.29, 1.82) is 0 Å². The average molecular weight is 474 g/mol. The highest BCUT2D eigenvalue weighted by atomic mass is 16.6. The molecular weight excluding hydrogens is 430 g/mol. The van der Waals surface area contributed by atoms with Crippen molar-refractivity contribution in [2.45, 2.75) is 112 Å². The van der Waals surface area contributed by atoms with Crippen molar-refractivity contribution in [2.75, 3.05) is 6.61 Å². The molecule has 2 heterocycles. The number of carbonyl (C=O) groups is 2. The molecule has 1 saturated heterocycles. The largest absolute Gasteiger partial charge is 0.444 e. The third-order valence-corrected chi connectivity index (χ3v) is 6.16. The lowest BCUT2D eigenvalue weighted by molar-refractivity contribution is -0.0627. The first-order valence-corrected chi connectivity index (χ1v) is 12.2. The molecule has 1 amide bonds. The van der Waals surface area contributed by atoms with Gasteiger partial charge in [0, 0.05) is 6.42 Å². The number of rotatable bonds is 7. The van der Waals surface area contributed by atoms with Crippen molar-refractivity contribution in [2.24, 2.45) is 5.41 Å². The van der Waals surface area contributed by atoms with Gasteiger partial charge in [0.05, 0.1) is 30.2 Å². The Bertz CT molecular complexity index is 923. The molecule has 1 aromatic heterocycles. The van der Waals surface area contributed by atoms with Crippen LogP contribution in [0, 0.1) is 12.3 Å². The Balaban J connectivity index is 1.93. The van der Waals surface area contributed by atoms with Gasteiger partial charge in [-0.2, -0.15) is 0 Å². The molecule has 0 N–H and O–H groups in total. The van der Waals surface area contributed by atoms with E-state index < -0.39 is 11.3 Å². The van der Waals surface area contributed by atoms with Crippen molar-refractivity contribution in [3.05, 3.63) is 28.9 Å². The van der Waals surface area contributed by atoms with Crippen LogP contribution < -0.4 is 0 Å². The van der Waals surface area contributed by atoms with E-state index in [2.05, 4.69) is 37.7 Å². The fourth-order valence-electron chi connectivity index (χ4n) is 3.76. The van der Waals surface area contributed by atoms with Crippen molar-refractivity contribution in [3.63, 3.8) is 0 Å². The number of aromatic nitrogens is 2. The van der Waals surface area contributed by atoms with Gasteiger partial charge in [-0.15, -0.1) is 0 Å². The number of hydrogen-bond acceptors (Lipinski definition) is 6. The van der Waals surface area contributed by atoms with Crippen LogP contribution in [0.2, 0.25) is 0 Å². The summed E-state index contributed by atoms with van der Waals surface area (Å²) in [7, 11) is 0. The second-order valence-electron chi connectivity index (χ2n) is 11.7. The predicted octanol–water partition coefficient (Wildman–Crippen LogP) is 6.35. The Hall–Kier alpha value is -2.28. The zero-order valence-electron chi connectivity index (χ0n) is 22.7. The van der Waals surface area contributed by atoms with Crippen molar-refractivity contribution in [3.8, 4) is 0 Å². The summed E-state index contributed by atoms with van der Waals surface area (Å²) in [5.74, 6) is -0.00864. The van der Waals surface area contributed by atoms with Gasteiger partial charge in [-0.25, -0.2) is 9.78 Å². The molecule has 0 bridgehead atoms. The Morgan fingerprint density at radius 3 is 2.41 bits per heavy atom. The quantitative estimate of drug-likeness (QED) is 0.339. The molecule has 34 heavy (non-hydrogen) atoms. The van der Waals surface area contributed by atoms with Crippen LogP contribution in [-0.4, -0.2) is 50.7 Å². The standard InChI is InChI=1S/C27H43N3O4/c1-18(25(3,4)5)15-21-19(2)29-22(16-28-21)23(31)14-12-11-13-20-17-33-27(9,10)30(20)24(32)34-26(6,7)8/h15-16,20H,11-14,17H2,1-10H3/b18-15+. The van der Waals surface area contributed by atoms with E-state index in [0.717, 1.165) is 24.2 Å². The number of nitrogens with zero attached hydrogens (tertiary/aromatic N) is 3. The van der Waals surface area contributed by atoms with Crippen molar-refractivity contribution < 1.29 is 19.1 Å². The van der Waals surface area contributed by atoms with Crippen LogP contribution in [0.3, 0.4) is 0 Å². The van der Waals surface area contributed by atoms with Crippen LogP contribution in [0.15, 0.2) is 11.8 Å². The minimum atomic E-state index is -0.711. The van der Waals surface area contributed by atoms with E-state index in [9.17, 15) is 9.59 Å². The number of ketones is 1. The average Bonchev–Trinajstić information content (AvgIpc) is 2.98. The van der Waals surface area contributed by atoms with Gasteiger partial charge in [-0.3, -0.25) is 14.7 Å². The maximum absolute atomic E-state index is 12.7. The molecule has 0 radical (unpaired) electrons. The topological polar surface area (TPSA) is 81.6 Å². The van der Waals surface area contributed by atoms with Crippen molar-refractivity contribution in [1.82, 2.24) is 14.9 Å². The van der Waals surface area contributed by atoms with Crippen LogP contribution in [0.5, 0.6) is 0 Å². The molecule has 1 unspecified atom stereocenters. The number of allylic oxidation sites excluding steroid dienone is 1. The summed E-state index contributed by atoms with van der Waals surface area (Å²) >= 11 is 0. The Morgan fingerprint density at radius 1 is 1.21 bits per heavy atom. The molecule has 0 saturated carbocycles. The van der Waals surface area contributed by atoms with Crippen LogP contribution >= 0.6 is 0 Å². The highest BCUT2D eigenvalue weighted by molar-refractivity contribution is 5.94. The van der Waals surface area contributed by atoms with Gasteiger partial charge in [0.1, 0.15) is 17.0 Å². The first-order chi connectivity index (χ1) is 15.5. The number of carbonyl (C=O) groups excluding carboxylic acids is 2. The zero-order chi connectivity index (χ0) is 25.9. The van der Waals surface area contributed by atoms with E-state index in [0.29, 0.717) is 25.1 Å². The maximum atomic E-state index is 12.7. The first kappa shape index (κ1) is 28.0. The van der Waals surface area contributed by atoms with Crippen LogP contribution in [0.1, 0.15) is 110 Å². The van der Waals surface area contributed by atoms with Crippen LogP contribution in [0.4, 0.5) is 4.79 Å². The normalized spacial score (nSPS) is 18.8. The van der Waals surface area contributed by atoms with Gasteiger partial charge in [-0.1, -0.05) is 32.8 Å². The third-order valence-electron chi connectivity index (χ3n) is 6.16. The Labute approximate surface area is 205 Å². The lowest BCUT2D eigenvalue weighted by atomic mass is 9.87. The van der Waals surface area contributed by atoms with Gasteiger partial charge < -0.3 is 9.47 Å². The fraction of sp³-hybridized carbons (Fsp3) is 0.704. The van der Waals surface area contributed by atoms with Gasteiger partial charge in [0.2, 0.25) is 0 Å². The molecule has 1 fully saturated rings. The van der Waals surface area contributed by atoms with Crippen LogP contribution in [0.25, 0.3) is 6.08 Å². The number of amides is 1. The summed E-state index contributed by atoms with van der Waals surface area (Å²) in [6.45, 7) is 20.2. The van der Waals surface area contributed by atoms with E-state index in [-0.39, 0.29) is 23.3 Å². The van der Waals surface area contributed by atoms with E-state index in [1.54, 1.807) is 11.1 Å². The molecule has 7 heteroatoms. The number of ether oxygens (including phenoxy) is 2. The minimum absolute atomic E-state index is 0.00864. The van der Waals surface area contributed by atoms with Gasteiger partial charge >= 0.3 is 6.09 Å². The number of aryl methyl sites for hydroxylation is 1. The van der Waals surface area contributed by atoms with Gasteiger partial charge in [0.25, 0.3) is 0 Å². The maximum Gasteiger partial charge on any atom is 0.412 e. The monoisotopic (exact) mass is 473 g/mol. The lowest BCUT2D eigenvalue weighted by Crippen LogP contribution is -2.49. The molecule has 1 aliphatic heterocycles. The Morgan fingerprint density at radius 2 is 1.85 bits per heavy atom. The molecular formula is C27H43N3O4. The summed E-state index contributed by atoms with van der Waals surface area (Å²) < 4.78 is 11.4. The van der Waals surface area contributed by atoms with Gasteiger partial charge in [-0.05, 0) is 72.8 Å².